The van der Waals surface area contributed by atoms with E-state index in [0.717, 1.165) is 6.08 Å². The van der Waals surface area contributed by atoms with Crippen LogP contribution >= 0.6 is 10.7 Å². The van der Waals surface area contributed by atoms with E-state index in [4.69, 9.17) is 15.8 Å². The van der Waals surface area contributed by atoms with Gasteiger partial charge in [-0.15, -0.1) is 0 Å². The third-order valence-corrected chi connectivity index (χ3v) is 1.98. The summed E-state index contributed by atoms with van der Waals surface area (Å²) in [7, 11) is 1.60. The number of carbonyl (C=O) groups is 1. The summed E-state index contributed by atoms with van der Waals surface area (Å²) in [6.45, 7) is 4.72. The van der Waals surface area contributed by atoms with Gasteiger partial charge in [-0.25, -0.2) is 13.2 Å². The lowest BCUT2D eigenvalue weighted by molar-refractivity contribution is -0.131. The summed E-state index contributed by atoms with van der Waals surface area (Å²) < 4.78 is 20.0. The van der Waals surface area contributed by atoms with Crippen molar-refractivity contribution in [2.24, 2.45) is 0 Å². The van der Waals surface area contributed by atoms with Gasteiger partial charge in [0.05, 0.1) is 5.75 Å². The highest BCUT2D eigenvalue weighted by Gasteiger charge is 1.99. The predicted molar refractivity (Wildman–Crippen MR) is 47.8 cm³/mol. The molecule has 0 fully saturated rings. The van der Waals surface area contributed by atoms with Gasteiger partial charge in [-0.2, -0.15) is 0 Å². The molecule has 0 atom stereocenters. The first-order chi connectivity index (χ1) is 5.33. The summed E-state index contributed by atoms with van der Waals surface area (Å²) in [4.78, 5) is 9.25. The lowest BCUT2D eigenvalue weighted by atomic mass is 10.6. The maximum absolute atomic E-state index is 10.00. The third-order valence-electron chi connectivity index (χ3n) is 0.623. The van der Waals surface area contributed by atoms with Crippen LogP contribution in [0.5, 0.6) is 0 Å². The highest BCUT2D eigenvalue weighted by molar-refractivity contribution is 8.13. The van der Waals surface area contributed by atoms with Crippen molar-refractivity contribution in [3.8, 4) is 0 Å². The van der Waals surface area contributed by atoms with Crippen LogP contribution in [0.15, 0.2) is 12.7 Å². The highest BCUT2D eigenvalue weighted by Crippen LogP contribution is 1.96. The Morgan fingerprint density at radius 3 is 2.00 bits per heavy atom. The van der Waals surface area contributed by atoms with Crippen molar-refractivity contribution in [3.63, 3.8) is 0 Å². The Morgan fingerprint density at radius 2 is 2.00 bits per heavy atom. The van der Waals surface area contributed by atoms with Crippen molar-refractivity contribution < 1.29 is 18.3 Å². The molecule has 0 aliphatic rings. The number of hydrogen-bond acceptors (Lipinski definition) is 3. The van der Waals surface area contributed by atoms with Gasteiger partial charge in [-0.05, 0) is 6.42 Å². The second kappa shape index (κ2) is 7.12. The van der Waals surface area contributed by atoms with Gasteiger partial charge in [0, 0.05) is 16.8 Å². The van der Waals surface area contributed by atoms with E-state index in [1.165, 1.54) is 0 Å². The van der Waals surface area contributed by atoms with E-state index in [1.807, 2.05) is 0 Å². The molecule has 0 saturated carbocycles. The average Bonchev–Trinajstić information content (AvgIpc) is 1.86. The minimum atomic E-state index is -3.20. The molecule has 0 aromatic rings. The van der Waals surface area contributed by atoms with Gasteiger partial charge < -0.3 is 5.11 Å². The minimum Gasteiger partial charge on any atom is -0.478 e. The van der Waals surface area contributed by atoms with Crippen LogP contribution in [-0.2, 0) is 13.8 Å². The largest absolute Gasteiger partial charge is 0.478 e. The van der Waals surface area contributed by atoms with Crippen molar-refractivity contribution in [2.75, 3.05) is 5.75 Å². The Kier molecular flexibility index (Phi) is 8.31. The fourth-order valence-corrected chi connectivity index (χ4v) is 1.19. The Hall–Kier alpha value is -0.550. The van der Waals surface area contributed by atoms with E-state index in [-0.39, 0.29) is 5.75 Å². The smallest absolute Gasteiger partial charge is 0.327 e. The first-order valence-electron chi connectivity index (χ1n) is 3.11. The molecule has 0 aromatic carbocycles. The molecule has 6 heteroatoms. The molecule has 72 valence electrons. The predicted octanol–water partition coefficient (Wildman–Crippen LogP) is 1.22. The molecule has 0 amide bonds. The standard InChI is InChI=1S/C3H7ClO2S.C3H4O2/c1-2-3-7(4,5)6;1-2-3(4)5/h2-3H2,1H3;2H,1H2,(H,4,5). The second-order valence-corrected chi connectivity index (χ2v) is 4.68. The molecule has 0 rings (SSSR count). The molecule has 12 heavy (non-hydrogen) atoms. The molecule has 0 saturated heterocycles. The topological polar surface area (TPSA) is 71.4 Å². The average molecular weight is 215 g/mol. The van der Waals surface area contributed by atoms with E-state index < -0.39 is 15.0 Å². The number of carboxylic acid groups (broad SMARTS) is 1. The number of carboxylic acids is 1. The van der Waals surface area contributed by atoms with Gasteiger partial charge in [-0.1, -0.05) is 13.5 Å². The monoisotopic (exact) mass is 214 g/mol. The fourth-order valence-electron chi connectivity index (χ4n) is 0.244. The zero-order valence-corrected chi connectivity index (χ0v) is 8.23. The minimum absolute atomic E-state index is 0.0779. The molecule has 0 aliphatic heterocycles. The molecule has 0 unspecified atom stereocenters. The van der Waals surface area contributed by atoms with Gasteiger partial charge in [0.15, 0.2) is 0 Å². The van der Waals surface area contributed by atoms with Crippen molar-refractivity contribution in [1.29, 1.82) is 0 Å². The van der Waals surface area contributed by atoms with Crippen LogP contribution in [-0.4, -0.2) is 25.2 Å². The van der Waals surface area contributed by atoms with E-state index in [2.05, 4.69) is 6.58 Å². The van der Waals surface area contributed by atoms with Crippen LogP contribution in [0, 0.1) is 0 Å². The molecule has 0 radical (unpaired) electrons. The Morgan fingerprint density at radius 1 is 1.67 bits per heavy atom. The fraction of sp³-hybridized carbons (Fsp3) is 0.500. The van der Waals surface area contributed by atoms with Crippen LogP contribution in [0.1, 0.15) is 13.3 Å². The summed E-state index contributed by atoms with van der Waals surface area (Å²) in [5.74, 6) is -0.904. The normalized spacial score (nSPS) is 9.50. The Balaban J connectivity index is 0. The highest BCUT2D eigenvalue weighted by atomic mass is 35.7. The Labute approximate surface area is 76.3 Å². The van der Waals surface area contributed by atoms with E-state index >= 15 is 0 Å². The maximum atomic E-state index is 10.00. The molecule has 1 N–H and O–H groups in total. The van der Waals surface area contributed by atoms with Crippen molar-refractivity contribution >= 4 is 25.7 Å². The van der Waals surface area contributed by atoms with Gasteiger partial charge in [0.2, 0.25) is 9.05 Å². The summed E-state index contributed by atoms with van der Waals surface area (Å²) in [6, 6.07) is 0. The lowest BCUT2D eigenvalue weighted by Gasteiger charge is -1.84. The van der Waals surface area contributed by atoms with Crippen LogP contribution in [0.4, 0.5) is 0 Å². The van der Waals surface area contributed by atoms with Crippen molar-refractivity contribution in [1.82, 2.24) is 0 Å². The molecular weight excluding hydrogens is 204 g/mol. The number of halogens is 1. The zero-order valence-electron chi connectivity index (χ0n) is 6.66. The number of hydrogen-bond donors (Lipinski definition) is 1. The SMILES string of the molecule is C=CC(=O)O.CCCS(=O)(=O)Cl. The van der Waals surface area contributed by atoms with Crippen molar-refractivity contribution in [3.05, 3.63) is 12.7 Å². The molecule has 0 spiro atoms. The van der Waals surface area contributed by atoms with Gasteiger partial charge in [0.25, 0.3) is 0 Å². The quantitative estimate of drug-likeness (QED) is 0.567. The molecule has 0 bridgehead atoms. The molecular formula is C6H11ClO4S. The first-order valence-corrected chi connectivity index (χ1v) is 5.59. The molecule has 0 aliphatic carbocycles. The summed E-state index contributed by atoms with van der Waals surface area (Å²) >= 11 is 0. The summed E-state index contributed by atoms with van der Waals surface area (Å²) in [5.41, 5.74) is 0. The van der Waals surface area contributed by atoms with E-state index in [1.54, 1.807) is 6.92 Å². The maximum Gasteiger partial charge on any atom is 0.327 e. The third kappa shape index (κ3) is 22.7. The molecule has 0 aromatic heterocycles. The van der Waals surface area contributed by atoms with Crippen molar-refractivity contribution in [2.45, 2.75) is 13.3 Å². The van der Waals surface area contributed by atoms with E-state index in [9.17, 15) is 13.2 Å². The van der Waals surface area contributed by atoms with Crippen LogP contribution < -0.4 is 0 Å². The number of rotatable bonds is 3. The first kappa shape index (κ1) is 14.0. The van der Waals surface area contributed by atoms with Gasteiger partial charge in [0.1, 0.15) is 0 Å². The number of aliphatic carboxylic acids is 1. The summed E-state index contributed by atoms with van der Waals surface area (Å²) in [6.07, 6.45) is 1.42. The van der Waals surface area contributed by atoms with Crippen LogP contribution in [0.2, 0.25) is 0 Å². The molecule has 0 heterocycles. The zero-order chi connectivity index (χ0) is 10.2. The molecule has 4 nitrogen and oxygen atoms in total. The second-order valence-electron chi connectivity index (χ2n) is 1.79. The summed E-state index contributed by atoms with van der Waals surface area (Å²) in [5, 5.41) is 7.60. The van der Waals surface area contributed by atoms with Gasteiger partial charge >= 0.3 is 5.97 Å². The Bertz CT molecular complexity index is 232. The van der Waals surface area contributed by atoms with Crippen LogP contribution in [0.3, 0.4) is 0 Å². The van der Waals surface area contributed by atoms with E-state index in [0.29, 0.717) is 6.42 Å². The lowest BCUT2D eigenvalue weighted by Crippen LogP contribution is -1.93. The van der Waals surface area contributed by atoms with Gasteiger partial charge in [-0.3, -0.25) is 0 Å². The van der Waals surface area contributed by atoms with Crippen LogP contribution in [0.25, 0.3) is 0 Å².